The van der Waals surface area contributed by atoms with Gasteiger partial charge in [-0.3, -0.25) is 19.2 Å². The third kappa shape index (κ3) is 2.08. The summed E-state index contributed by atoms with van der Waals surface area (Å²) in [6, 6.07) is -0.416. The van der Waals surface area contributed by atoms with Crippen LogP contribution >= 0.6 is 0 Å². The summed E-state index contributed by atoms with van der Waals surface area (Å²) in [4.78, 5) is 35.0. The van der Waals surface area contributed by atoms with Crippen molar-refractivity contribution < 1.29 is 14.4 Å². The third-order valence-corrected chi connectivity index (χ3v) is 2.67. The number of amides is 3. The number of hydrogen-bond donors (Lipinski definition) is 1. The van der Waals surface area contributed by atoms with Crippen molar-refractivity contribution in [2.24, 2.45) is 0 Å². The summed E-state index contributed by atoms with van der Waals surface area (Å²) < 4.78 is 1.41. The van der Waals surface area contributed by atoms with Crippen LogP contribution in [-0.4, -0.2) is 50.2 Å². The molecule has 2 heterocycles. The topological polar surface area (TPSA) is 97.2 Å². The summed E-state index contributed by atoms with van der Waals surface area (Å²) >= 11 is 0. The van der Waals surface area contributed by atoms with Crippen molar-refractivity contribution >= 4 is 18.2 Å². The Morgan fingerprint density at radius 1 is 1.39 bits per heavy atom. The molecule has 0 aliphatic carbocycles. The summed E-state index contributed by atoms with van der Waals surface area (Å²) in [6.07, 6.45) is 2.04. The van der Waals surface area contributed by atoms with Crippen molar-refractivity contribution in [3.05, 3.63) is 11.9 Å². The third-order valence-electron chi connectivity index (χ3n) is 2.67. The normalized spacial score (nSPS) is 18.0. The molecule has 1 fully saturated rings. The molecule has 0 bridgehead atoms. The molecule has 0 saturated carbocycles. The Labute approximate surface area is 103 Å². The molecular weight excluding hydrogens is 238 g/mol. The van der Waals surface area contributed by atoms with E-state index in [0.717, 1.165) is 4.90 Å². The van der Waals surface area contributed by atoms with Gasteiger partial charge in [-0.25, -0.2) is 4.79 Å². The van der Waals surface area contributed by atoms with Gasteiger partial charge in [0, 0.05) is 0 Å². The number of imide groups is 1. The van der Waals surface area contributed by atoms with Gasteiger partial charge in [-0.05, 0) is 13.8 Å². The Morgan fingerprint density at radius 3 is 2.61 bits per heavy atom. The average molecular weight is 251 g/mol. The Hall–Kier alpha value is -2.25. The summed E-state index contributed by atoms with van der Waals surface area (Å²) in [5.41, 5.74) is -0.652. The molecule has 0 aromatic carbocycles. The second-order valence-corrected chi connectivity index (χ2v) is 4.54. The molecule has 1 aliphatic heterocycles. The molecule has 0 unspecified atom stereocenters. The van der Waals surface area contributed by atoms with E-state index >= 15 is 0 Å². The number of hydrogen-bond acceptors (Lipinski definition) is 5. The fourth-order valence-electron chi connectivity index (χ4n) is 1.70. The molecule has 96 valence electrons. The fourth-order valence-corrected chi connectivity index (χ4v) is 1.70. The summed E-state index contributed by atoms with van der Waals surface area (Å²) in [5, 5.41) is 9.87. The van der Waals surface area contributed by atoms with Crippen molar-refractivity contribution in [2.45, 2.75) is 25.9 Å². The van der Waals surface area contributed by atoms with E-state index < -0.39 is 11.6 Å². The second-order valence-electron chi connectivity index (χ2n) is 4.54. The molecule has 0 atom stereocenters. The molecular formula is C10H13N5O3. The number of aromatic nitrogens is 3. The zero-order valence-corrected chi connectivity index (χ0v) is 10.1. The van der Waals surface area contributed by atoms with Crippen LogP contribution in [0.25, 0.3) is 0 Å². The molecule has 0 spiro atoms. The number of nitrogens with zero attached hydrogens (tertiary/aromatic N) is 4. The number of carbonyl (C=O) groups is 3. The van der Waals surface area contributed by atoms with E-state index in [2.05, 4.69) is 15.6 Å². The quantitative estimate of drug-likeness (QED) is 0.570. The van der Waals surface area contributed by atoms with Gasteiger partial charge in [0.2, 0.25) is 0 Å². The molecule has 8 nitrogen and oxygen atoms in total. The standard InChI is InChI=1S/C10H13N5O3/c1-10(2)8(17)15(9(18)11-10)4-3-14-5-7(6-16)12-13-14/h5-6H,3-4H2,1-2H3,(H,11,18). The molecule has 1 aromatic rings. The highest BCUT2D eigenvalue weighted by Crippen LogP contribution is 2.16. The first kappa shape index (κ1) is 12.2. The number of carbonyl (C=O) groups excluding carboxylic acids is 3. The molecule has 3 amide bonds. The van der Waals surface area contributed by atoms with Crippen LogP contribution in [0.15, 0.2) is 6.20 Å². The lowest BCUT2D eigenvalue weighted by Gasteiger charge is -2.15. The van der Waals surface area contributed by atoms with Crippen LogP contribution in [-0.2, 0) is 11.3 Å². The molecule has 0 radical (unpaired) electrons. The first-order valence-corrected chi connectivity index (χ1v) is 5.43. The maximum Gasteiger partial charge on any atom is 0.325 e. The lowest BCUT2D eigenvalue weighted by atomic mass is 10.1. The zero-order valence-electron chi connectivity index (χ0n) is 10.1. The van der Waals surface area contributed by atoms with Crippen LogP contribution in [0, 0.1) is 0 Å². The van der Waals surface area contributed by atoms with Gasteiger partial charge < -0.3 is 5.32 Å². The van der Waals surface area contributed by atoms with E-state index in [-0.39, 0.29) is 18.1 Å². The minimum atomic E-state index is -0.868. The second kappa shape index (κ2) is 4.21. The SMILES string of the molecule is CC1(C)NC(=O)N(CCn2cc(C=O)nn2)C1=O. The first-order valence-electron chi connectivity index (χ1n) is 5.43. The highest BCUT2D eigenvalue weighted by atomic mass is 16.2. The van der Waals surface area contributed by atoms with Gasteiger partial charge in [-0.15, -0.1) is 5.10 Å². The van der Waals surface area contributed by atoms with E-state index in [9.17, 15) is 14.4 Å². The Kier molecular flexibility index (Phi) is 2.85. The van der Waals surface area contributed by atoms with E-state index in [1.807, 2.05) is 0 Å². The highest BCUT2D eigenvalue weighted by molar-refractivity contribution is 6.06. The highest BCUT2D eigenvalue weighted by Gasteiger charge is 2.43. The van der Waals surface area contributed by atoms with Crippen molar-refractivity contribution in [1.29, 1.82) is 0 Å². The van der Waals surface area contributed by atoms with E-state index in [1.54, 1.807) is 13.8 Å². The summed E-state index contributed by atoms with van der Waals surface area (Å²) in [7, 11) is 0. The Morgan fingerprint density at radius 2 is 2.11 bits per heavy atom. The number of aldehydes is 1. The fraction of sp³-hybridized carbons (Fsp3) is 0.500. The van der Waals surface area contributed by atoms with Crippen LogP contribution in [0.4, 0.5) is 4.79 Å². The van der Waals surface area contributed by atoms with E-state index in [1.165, 1.54) is 10.9 Å². The number of rotatable bonds is 4. The van der Waals surface area contributed by atoms with E-state index in [4.69, 9.17) is 0 Å². The monoisotopic (exact) mass is 251 g/mol. The largest absolute Gasteiger partial charge is 0.325 e. The van der Waals surface area contributed by atoms with Gasteiger partial charge in [0.05, 0.1) is 19.3 Å². The smallest absolute Gasteiger partial charge is 0.324 e. The Balaban J connectivity index is 2.00. The maximum atomic E-state index is 11.9. The molecule has 1 N–H and O–H groups in total. The van der Waals surface area contributed by atoms with Crippen LogP contribution < -0.4 is 5.32 Å². The van der Waals surface area contributed by atoms with Crippen LogP contribution in [0.5, 0.6) is 0 Å². The predicted molar refractivity (Wildman–Crippen MR) is 59.7 cm³/mol. The predicted octanol–water partition coefficient (Wildman–Crippen LogP) is -0.579. The van der Waals surface area contributed by atoms with Gasteiger partial charge in [0.15, 0.2) is 6.29 Å². The van der Waals surface area contributed by atoms with Gasteiger partial charge >= 0.3 is 6.03 Å². The van der Waals surface area contributed by atoms with Gasteiger partial charge in [-0.2, -0.15) is 0 Å². The average Bonchev–Trinajstić information content (AvgIpc) is 2.82. The van der Waals surface area contributed by atoms with Gasteiger partial charge in [0.1, 0.15) is 11.2 Å². The van der Waals surface area contributed by atoms with Crippen molar-refractivity contribution in [2.75, 3.05) is 6.54 Å². The summed E-state index contributed by atoms with van der Waals surface area (Å²) in [6.45, 7) is 3.78. The number of nitrogens with one attached hydrogen (secondary N) is 1. The van der Waals surface area contributed by atoms with Crippen molar-refractivity contribution in [3.8, 4) is 0 Å². The zero-order chi connectivity index (χ0) is 13.3. The van der Waals surface area contributed by atoms with Crippen LogP contribution in [0.2, 0.25) is 0 Å². The van der Waals surface area contributed by atoms with Crippen molar-refractivity contribution in [1.82, 2.24) is 25.2 Å². The molecule has 1 aliphatic rings. The minimum Gasteiger partial charge on any atom is -0.324 e. The molecule has 1 saturated heterocycles. The van der Waals surface area contributed by atoms with Gasteiger partial charge in [-0.1, -0.05) is 5.21 Å². The van der Waals surface area contributed by atoms with E-state index in [0.29, 0.717) is 12.8 Å². The molecule has 8 heteroatoms. The Bertz CT molecular complexity index is 507. The minimum absolute atomic E-state index is 0.190. The molecule has 2 rings (SSSR count). The number of urea groups is 1. The lowest BCUT2D eigenvalue weighted by molar-refractivity contribution is -0.130. The first-order chi connectivity index (χ1) is 8.44. The lowest BCUT2D eigenvalue weighted by Crippen LogP contribution is -2.40. The van der Waals surface area contributed by atoms with Gasteiger partial charge in [0.25, 0.3) is 5.91 Å². The van der Waals surface area contributed by atoms with Crippen molar-refractivity contribution in [3.63, 3.8) is 0 Å². The maximum absolute atomic E-state index is 11.9. The molecule has 18 heavy (non-hydrogen) atoms. The van der Waals surface area contributed by atoms with Crippen LogP contribution in [0.1, 0.15) is 24.3 Å². The molecule has 1 aromatic heterocycles. The summed E-state index contributed by atoms with van der Waals surface area (Å²) in [5.74, 6) is -0.275. The van der Waals surface area contributed by atoms with Crippen LogP contribution in [0.3, 0.4) is 0 Å².